The Labute approximate surface area is 154 Å². The quantitative estimate of drug-likeness (QED) is 0.883. The van der Waals surface area contributed by atoms with Crippen LogP contribution in [0.5, 0.6) is 11.5 Å². The first-order chi connectivity index (χ1) is 12.5. The fourth-order valence-corrected chi connectivity index (χ4v) is 3.06. The molecule has 1 atom stereocenters. The van der Waals surface area contributed by atoms with Gasteiger partial charge < -0.3 is 19.7 Å². The molecule has 5 heteroatoms. The number of nitrogens with zero attached hydrogens (tertiary/aromatic N) is 1. The predicted octanol–water partition coefficient (Wildman–Crippen LogP) is 4.00. The van der Waals surface area contributed by atoms with Gasteiger partial charge in [-0.05, 0) is 29.2 Å². The molecule has 1 heterocycles. The van der Waals surface area contributed by atoms with Gasteiger partial charge in [-0.2, -0.15) is 0 Å². The first-order valence-corrected chi connectivity index (χ1v) is 8.99. The third-order valence-electron chi connectivity index (χ3n) is 4.48. The van der Waals surface area contributed by atoms with Gasteiger partial charge in [0.2, 0.25) is 0 Å². The number of carbonyl (C=O) groups excluding carboxylic acids is 1. The Bertz CT molecular complexity index is 746. The van der Waals surface area contributed by atoms with Crippen molar-refractivity contribution in [1.29, 1.82) is 0 Å². The molecule has 5 nitrogen and oxygen atoms in total. The van der Waals surface area contributed by atoms with E-state index in [9.17, 15) is 4.79 Å². The highest BCUT2D eigenvalue weighted by atomic mass is 16.6. The highest BCUT2D eigenvalue weighted by Crippen LogP contribution is 2.34. The minimum absolute atomic E-state index is 0.0950. The molecule has 0 saturated carbocycles. The average molecular weight is 354 g/mol. The summed E-state index contributed by atoms with van der Waals surface area (Å²) < 4.78 is 11.3. The van der Waals surface area contributed by atoms with E-state index in [0.717, 1.165) is 22.6 Å². The van der Waals surface area contributed by atoms with Crippen LogP contribution < -0.4 is 14.8 Å². The smallest absolute Gasteiger partial charge is 0.317 e. The minimum atomic E-state index is -0.100. The van der Waals surface area contributed by atoms with Gasteiger partial charge in [-0.15, -0.1) is 0 Å². The standard InChI is InChI=1S/C21H26N2O3/c1-15(2)20(17-9-10-18-19(13-17)26-12-11-25-18)22-21(24)23(3)14-16-7-5-4-6-8-16/h4-10,13,15,20H,11-12,14H2,1-3H3,(H,22,24)/t20-/m0/s1. The maximum atomic E-state index is 12.7. The summed E-state index contributed by atoms with van der Waals surface area (Å²) in [5.41, 5.74) is 2.12. The molecular formula is C21H26N2O3. The number of hydrogen-bond acceptors (Lipinski definition) is 3. The number of hydrogen-bond donors (Lipinski definition) is 1. The van der Waals surface area contributed by atoms with E-state index in [4.69, 9.17) is 9.47 Å². The Kier molecular flexibility index (Phi) is 5.66. The highest BCUT2D eigenvalue weighted by Gasteiger charge is 2.22. The summed E-state index contributed by atoms with van der Waals surface area (Å²) in [6.45, 7) is 5.88. The lowest BCUT2D eigenvalue weighted by molar-refractivity contribution is 0.171. The molecule has 0 bridgehead atoms. The van der Waals surface area contributed by atoms with Crippen LogP contribution in [-0.4, -0.2) is 31.2 Å². The summed E-state index contributed by atoms with van der Waals surface area (Å²) in [7, 11) is 1.81. The van der Waals surface area contributed by atoms with Crippen LogP contribution in [0.25, 0.3) is 0 Å². The molecular weight excluding hydrogens is 328 g/mol. The van der Waals surface area contributed by atoms with Crippen LogP contribution in [-0.2, 0) is 6.54 Å². The summed E-state index contributed by atoms with van der Waals surface area (Å²) in [5, 5.41) is 3.15. The lowest BCUT2D eigenvalue weighted by atomic mass is 9.95. The van der Waals surface area contributed by atoms with Crippen molar-refractivity contribution in [2.45, 2.75) is 26.4 Å². The number of fused-ring (bicyclic) bond motifs is 1. The average Bonchev–Trinajstić information content (AvgIpc) is 2.66. The summed E-state index contributed by atoms with van der Waals surface area (Å²) in [6.07, 6.45) is 0. The van der Waals surface area contributed by atoms with Gasteiger partial charge in [0, 0.05) is 13.6 Å². The Balaban J connectivity index is 1.71. The zero-order chi connectivity index (χ0) is 18.5. The third-order valence-corrected chi connectivity index (χ3v) is 4.48. The maximum absolute atomic E-state index is 12.7. The molecule has 1 aliphatic heterocycles. The zero-order valence-corrected chi connectivity index (χ0v) is 15.6. The van der Waals surface area contributed by atoms with Gasteiger partial charge in [0.25, 0.3) is 0 Å². The van der Waals surface area contributed by atoms with E-state index in [1.165, 1.54) is 0 Å². The van der Waals surface area contributed by atoms with Crippen molar-refractivity contribution >= 4 is 6.03 Å². The van der Waals surface area contributed by atoms with Crippen LogP contribution in [0.2, 0.25) is 0 Å². The molecule has 2 amide bonds. The van der Waals surface area contributed by atoms with E-state index in [-0.39, 0.29) is 18.0 Å². The molecule has 1 aliphatic rings. The summed E-state index contributed by atoms with van der Waals surface area (Å²) in [6, 6.07) is 15.7. The monoisotopic (exact) mass is 354 g/mol. The van der Waals surface area contributed by atoms with Gasteiger partial charge in [0.1, 0.15) is 13.2 Å². The SMILES string of the molecule is CC(C)[C@H](NC(=O)N(C)Cc1ccccc1)c1ccc2c(c1)OCCO2. The number of nitrogens with one attached hydrogen (secondary N) is 1. The molecule has 2 aromatic rings. The molecule has 0 spiro atoms. The van der Waals surface area contributed by atoms with Crippen LogP contribution in [0.3, 0.4) is 0 Å². The summed E-state index contributed by atoms with van der Waals surface area (Å²) in [5.74, 6) is 1.74. The van der Waals surface area contributed by atoms with E-state index in [0.29, 0.717) is 19.8 Å². The molecule has 0 unspecified atom stereocenters. The minimum Gasteiger partial charge on any atom is -0.486 e. The highest BCUT2D eigenvalue weighted by molar-refractivity contribution is 5.74. The Morgan fingerprint density at radius 1 is 1.08 bits per heavy atom. The van der Waals surface area contributed by atoms with E-state index in [1.54, 1.807) is 4.90 Å². The van der Waals surface area contributed by atoms with Crippen LogP contribution in [0.15, 0.2) is 48.5 Å². The molecule has 26 heavy (non-hydrogen) atoms. The molecule has 138 valence electrons. The van der Waals surface area contributed by atoms with Crippen molar-refractivity contribution in [1.82, 2.24) is 10.2 Å². The molecule has 0 fully saturated rings. The van der Waals surface area contributed by atoms with Gasteiger partial charge in [0.15, 0.2) is 11.5 Å². The predicted molar refractivity (Wildman–Crippen MR) is 101 cm³/mol. The molecule has 2 aromatic carbocycles. The number of rotatable bonds is 5. The van der Waals surface area contributed by atoms with Crippen molar-refractivity contribution in [3.05, 3.63) is 59.7 Å². The number of ether oxygens (including phenoxy) is 2. The zero-order valence-electron chi connectivity index (χ0n) is 15.6. The lowest BCUT2D eigenvalue weighted by Crippen LogP contribution is -2.40. The van der Waals surface area contributed by atoms with Gasteiger partial charge in [0.05, 0.1) is 6.04 Å². The van der Waals surface area contributed by atoms with E-state index in [1.807, 2.05) is 55.6 Å². The van der Waals surface area contributed by atoms with Crippen LogP contribution in [0.1, 0.15) is 31.0 Å². The molecule has 0 aliphatic carbocycles. The lowest BCUT2D eigenvalue weighted by Gasteiger charge is -2.28. The fraction of sp³-hybridized carbons (Fsp3) is 0.381. The van der Waals surface area contributed by atoms with Gasteiger partial charge in [-0.1, -0.05) is 50.2 Å². The molecule has 1 N–H and O–H groups in total. The van der Waals surface area contributed by atoms with Crippen molar-refractivity contribution in [2.24, 2.45) is 5.92 Å². The van der Waals surface area contributed by atoms with Crippen molar-refractivity contribution < 1.29 is 14.3 Å². The second kappa shape index (κ2) is 8.13. The van der Waals surface area contributed by atoms with Crippen molar-refractivity contribution in [2.75, 3.05) is 20.3 Å². The topological polar surface area (TPSA) is 50.8 Å². The Hall–Kier alpha value is -2.69. The van der Waals surface area contributed by atoms with Crippen LogP contribution >= 0.6 is 0 Å². The first-order valence-electron chi connectivity index (χ1n) is 8.99. The second-order valence-corrected chi connectivity index (χ2v) is 6.92. The summed E-state index contributed by atoms with van der Waals surface area (Å²) >= 11 is 0. The van der Waals surface area contributed by atoms with Gasteiger partial charge in [-0.25, -0.2) is 4.79 Å². The number of benzene rings is 2. The van der Waals surface area contributed by atoms with Crippen LogP contribution in [0, 0.1) is 5.92 Å². The number of urea groups is 1. The molecule has 0 radical (unpaired) electrons. The van der Waals surface area contributed by atoms with E-state index < -0.39 is 0 Å². The Morgan fingerprint density at radius 2 is 1.77 bits per heavy atom. The summed E-state index contributed by atoms with van der Waals surface area (Å²) in [4.78, 5) is 14.4. The number of amides is 2. The number of carbonyl (C=O) groups is 1. The largest absolute Gasteiger partial charge is 0.486 e. The Morgan fingerprint density at radius 3 is 2.46 bits per heavy atom. The maximum Gasteiger partial charge on any atom is 0.317 e. The normalized spacial score (nSPS) is 14.0. The first kappa shape index (κ1) is 18.1. The van der Waals surface area contributed by atoms with Gasteiger partial charge >= 0.3 is 6.03 Å². The molecule has 0 saturated heterocycles. The fourth-order valence-electron chi connectivity index (χ4n) is 3.06. The van der Waals surface area contributed by atoms with Gasteiger partial charge in [-0.3, -0.25) is 0 Å². The van der Waals surface area contributed by atoms with E-state index in [2.05, 4.69) is 19.2 Å². The third kappa shape index (κ3) is 4.28. The van der Waals surface area contributed by atoms with Crippen molar-refractivity contribution in [3.63, 3.8) is 0 Å². The van der Waals surface area contributed by atoms with E-state index >= 15 is 0 Å². The molecule has 0 aromatic heterocycles. The second-order valence-electron chi connectivity index (χ2n) is 6.92. The van der Waals surface area contributed by atoms with Crippen molar-refractivity contribution in [3.8, 4) is 11.5 Å². The van der Waals surface area contributed by atoms with Crippen LogP contribution in [0.4, 0.5) is 4.79 Å². The molecule has 3 rings (SSSR count).